The molecule has 0 saturated carbocycles. The average molecular weight is 384 g/mol. The molecular weight excluding hydrogens is 354 g/mol. The van der Waals surface area contributed by atoms with Crippen molar-refractivity contribution in [3.8, 4) is 5.75 Å². The average Bonchev–Trinajstić information content (AvgIpc) is 2.79. The smallest absolute Gasteiger partial charge is 0.115 e. The van der Waals surface area contributed by atoms with Gasteiger partial charge in [0.25, 0.3) is 0 Å². The highest BCUT2D eigenvalue weighted by Gasteiger charge is 2.32. The lowest BCUT2D eigenvalue weighted by molar-refractivity contribution is 0.469. The number of fused-ring (bicyclic) bond motifs is 1. The maximum atomic E-state index is 10.0. The van der Waals surface area contributed by atoms with Crippen LogP contribution in [0.25, 0.3) is 0 Å². The highest BCUT2D eigenvalue weighted by atomic mass is 16.3. The predicted molar refractivity (Wildman–Crippen MR) is 120 cm³/mol. The van der Waals surface area contributed by atoms with Crippen LogP contribution in [-0.4, -0.2) is 18.2 Å². The Morgan fingerprint density at radius 3 is 2.28 bits per heavy atom. The van der Waals surface area contributed by atoms with Crippen LogP contribution in [0.4, 0.5) is 5.69 Å². The third-order valence-electron chi connectivity index (χ3n) is 6.79. The molecule has 29 heavy (non-hydrogen) atoms. The van der Waals surface area contributed by atoms with E-state index in [-0.39, 0.29) is 0 Å². The van der Waals surface area contributed by atoms with Crippen molar-refractivity contribution in [3.63, 3.8) is 0 Å². The van der Waals surface area contributed by atoms with Crippen molar-refractivity contribution in [3.05, 3.63) is 95.1 Å². The van der Waals surface area contributed by atoms with Gasteiger partial charge in [0.1, 0.15) is 5.75 Å². The Morgan fingerprint density at radius 2 is 1.52 bits per heavy atom. The summed E-state index contributed by atoms with van der Waals surface area (Å²) >= 11 is 0. The van der Waals surface area contributed by atoms with E-state index in [0.717, 1.165) is 12.8 Å². The van der Waals surface area contributed by atoms with E-state index in [1.807, 2.05) is 12.1 Å². The van der Waals surface area contributed by atoms with Gasteiger partial charge in [-0.1, -0.05) is 48.5 Å². The maximum Gasteiger partial charge on any atom is 0.115 e. The highest BCUT2D eigenvalue weighted by Crippen LogP contribution is 2.47. The highest BCUT2D eigenvalue weighted by molar-refractivity contribution is 5.52. The molecule has 1 N–H and O–H groups in total. The van der Waals surface area contributed by atoms with E-state index in [2.05, 4.69) is 65.6 Å². The van der Waals surface area contributed by atoms with Gasteiger partial charge in [-0.25, -0.2) is 0 Å². The number of aromatic hydroxyl groups is 1. The number of phenolic OH excluding ortho intramolecular Hbond substituents is 1. The van der Waals surface area contributed by atoms with Crippen LogP contribution in [0.2, 0.25) is 0 Å². The molecule has 1 heterocycles. The molecule has 5 rings (SSSR count). The standard InChI is InChI=1S/C27H29NO/c29-24-14-16-26-22(19-24)11-15-25(20-7-3-1-4-8-20)27(26)21-9-12-23(13-10-21)28-17-5-2-6-18-28/h1,3-4,7-10,12-14,16,19,25,27,29H,2,5-6,11,15,17-18H2/t25-,27+/m1/s1. The molecule has 0 bridgehead atoms. The molecule has 0 radical (unpaired) electrons. The monoisotopic (exact) mass is 383 g/mol. The second-order valence-corrected chi connectivity index (χ2v) is 8.56. The molecule has 1 aliphatic carbocycles. The number of hydrogen-bond donors (Lipinski definition) is 1. The summed E-state index contributed by atoms with van der Waals surface area (Å²) in [5, 5.41) is 10.0. The van der Waals surface area contributed by atoms with Crippen molar-refractivity contribution in [2.45, 2.75) is 43.9 Å². The van der Waals surface area contributed by atoms with Crippen LogP contribution in [0.15, 0.2) is 72.8 Å². The fraction of sp³-hybridized carbons (Fsp3) is 0.333. The molecule has 0 amide bonds. The van der Waals surface area contributed by atoms with Gasteiger partial charge in [-0.05, 0) is 84.5 Å². The normalized spacial score (nSPS) is 21.6. The summed E-state index contributed by atoms with van der Waals surface area (Å²) in [5.41, 5.74) is 6.81. The van der Waals surface area contributed by atoms with Gasteiger partial charge in [-0.2, -0.15) is 0 Å². The number of piperidine rings is 1. The lowest BCUT2D eigenvalue weighted by atomic mass is 9.69. The summed E-state index contributed by atoms with van der Waals surface area (Å²) in [7, 11) is 0. The maximum absolute atomic E-state index is 10.0. The number of nitrogens with zero attached hydrogens (tertiary/aromatic N) is 1. The molecule has 2 atom stereocenters. The fourth-order valence-electron chi connectivity index (χ4n) is 5.32. The van der Waals surface area contributed by atoms with Gasteiger partial charge in [0, 0.05) is 24.7 Å². The molecule has 2 nitrogen and oxygen atoms in total. The summed E-state index contributed by atoms with van der Waals surface area (Å²) in [4.78, 5) is 2.52. The first-order chi connectivity index (χ1) is 14.3. The molecule has 2 aliphatic rings. The number of rotatable bonds is 3. The summed E-state index contributed by atoms with van der Waals surface area (Å²) in [6.07, 6.45) is 6.10. The Hall–Kier alpha value is -2.74. The third kappa shape index (κ3) is 3.64. The molecule has 1 aliphatic heterocycles. The van der Waals surface area contributed by atoms with Crippen molar-refractivity contribution in [2.75, 3.05) is 18.0 Å². The van der Waals surface area contributed by atoms with Gasteiger partial charge in [-0.3, -0.25) is 0 Å². The van der Waals surface area contributed by atoms with Gasteiger partial charge in [0.15, 0.2) is 0 Å². The van der Waals surface area contributed by atoms with Crippen LogP contribution in [0.1, 0.15) is 59.8 Å². The molecule has 1 fully saturated rings. The minimum Gasteiger partial charge on any atom is -0.508 e. The van der Waals surface area contributed by atoms with Crippen LogP contribution in [0.5, 0.6) is 5.75 Å². The summed E-state index contributed by atoms with van der Waals surface area (Å²) < 4.78 is 0. The largest absolute Gasteiger partial charge is 0.508 e. The van der Waals surface area contributed by atoms with Gasteiger partial charge in [-0.15, -0.1) is 0 Å². The number of benzene rings is 3. The van der Waals surface area contributed by atoms with Crippen LogP contribution in [0.3, 0.4) is 0 Å². The molecule has 1 saturated heterocycles. The van der Waals surface area contributed by atoms with Crippen molar-refractivity contribution in [2.24, 2.45) is 0 Å². The summed E-state index contributed by atoms with van der Waals surface area (Å²) in [6, 6.07) is 26.2. The SMILES string of the molecule is Oc1ccc2c(c1)CC[C@H](c1ccccc1)[C@@H]2c1ccc(N2CCCCC2)cc1. The van der Waals surface area contributed by atoms with E-state index in [1.54, 1.807) is 0 Å². The fourth-order valence-corrected chi connectivity index (χ4v) is 5.32. The van der Waals surface area contributed by atoms with Gasteiger partial charge >= 0.3 is 0 Å². The minimum absolute atomic E-state index is 0.331. The second kappa shape index (κ2) is 7.94. The predicted octanol–water partition coefficient (Wildman–Crippen LogP) is 6.24. The number of phenols is 1. The van der Waals surface area contributed by atoms with Crippen molar-refractivity contribution < 1.29 is 5.11 Å². The summed E-state index contributed by atoms with van der Waals surface area (Å²) in [6.45, 7) is 2.36. The zero-order chi connectivity index (χ0) is 19.6. The van der Waals surface area contributed by atoms with Crippen LogP contribution in [0, 0.1) is 0 Å². The first-order valence-corrected chi connectivity index (χ1v) is 11.0. The lowest BCUT2D eigenvalue weighted by Crippen LogP contribution is -2.29. The summed E-state index contributed by atoms with van der Waals surface area (Å²) in [5.74, 6) is 1.17. The Balaban J connectivity index is 1.53. The number of hydrogen-bond acceptors (Lipinski definition) is 2. The number of anilines is 1. The molecule has 148 valence electrons. The van der Waals surface area contributed by atoms with Gasteiger partial charge in [0.05, 0.1) is 0 Å². The van der Waals surface area contributed by atoms with Gasteiger partial charge < -0.3 is 10.0 Å². The number of aryl methyl sites for hydroxylation is 1. The topological polar surface area (TPSA) is 23.5 Å². The van der Waals surface area contributed by atoms with E-state index < -0.39 is 0 Å². The van der Waals surface area contributed by atoms with Crippen molar-refractivity contribution in [1.82, 2.24) is 0 Å². The first kappa shape index (κ1) is 18.3. The van der Waals surface area contributed by atoms with E-state index in [0.29, 0.717) is 17.6 Å². The van der Waals surface area contributed by atoms with Crippen LogP contribution in [-0.2, 0) is 6.42 Å². The molecule has 0 spiro atoms. The molecule has 3 aromatic carbocycles. The molecule has 0 unspecified atom stereocenters. The molecule has 2 heteroatoms. The lowest BCUT2D eigenvalue weighted by Gasteiger charge is -2.35. The Labute approximate surface area is 173 Å². The van der Waals surface area contributed by atoms with E-state index in [9.17, 15) is 5.11 Å². The Kier molecular flexibility index (Phi) is 5.01. The molecule has 3 aromatic rings. The second-order valence-electron chi connectivity index (χ2n) is 8.56. The zero-order valence-corrected chi connectivity index (χ0v) is 16.9. The quantitative estimate of drug-likeness (QED) is 0.578. The molecule has 0 aromatic heterocycles. The Morgan fingerprint density at radius 1 is 0.759 bits per heavy atom. The van der Waals surface area contributed by atoms with Crippen LogP contribution >= 0.6 is 0 Å². The van der Waals surface area contributed by atoms with E-state index >= 15 is 0 Å². The zero-order valence-electron chi connectivity index (χ0n) is 16.9. The van der Waals surface area contributed by atoms with Crippen LogP contribution < -0.4 is 4.90 Å². The van der Waals surface area contributed by atoms with E-state index in [4.69, 9.17) is 0 Å². The minimum atomic E-state index is 0.331. The third-order valence-corrected chi connectivity index (χ3v) is 6.79. The van der Waals surface area contributed by atoms with Crippen molar-refractivity contribution >= 4 is 5.69 Å². The first-order valence-electron chi connectivity index (χ1n) is 11.0. The van der Waals surface area contributed by atoms with Crippen molar-refractivity contribution in [1.29, 1.82) is 0 Å². The Bertz CT molecular complexity index is 958. The van der Waals surface area contributed by atoms with Gasteiger partial charge in [0.2, 0.25) is 0 Å². The van der Waals surface area contributed by atoms with E-state index in [1.165, 1.54) is 60.3 Å². The molecular formula is C27H29NO.